The van der Waals surface area contributed by atoms with Crippen molar-refractivity contribution in [2.24, 2.45) is 0 Å². The van der Waals surface area contributed by atoms with E-state index in [1.807, 2.05) is 6.07 Å². The van der Waals surface area contributed by atoms with Crippen LogP contribution >= 0.6 is 39.3 Å². The van der Waals surface area contributed by atoms with Gasteiger partial charge in [-0.1, -0.05) is 28.6 Å². The fourth-order valence-electron chi connectivity index (χ4n) is 3.56. The molecular weight excluding hydrogens is 546 g/mol. The van der Waals surface area contributed by atoms with Gasteiger partial charge in [0.1, 0.15) is 52.1 Å². The van der Waals surface area contributed by atoms with Crippen LogP contribution in [-0.2, 0) is 9.47 Å². The van der Waals surface area contributed by atoms with Crippen molar-refractivity contribution in [3.63, 3.8) is 0 Å². The topological polar surface area (TPSA) is 103 Å². The van der Waals surface area contributed by atoms with Gasteiger partial charge in [-0.05, 0) is 34.1 Å². The zero-order valence-electron chi connectivity index (χ0n) is 17.0. The Morgan fingerprint density at radius 3 is 2.64 bits per heavy atom. The van der Waals surface area contributed by atoms with Crippen LogP contribution in [0.2, 0.25) is 5.02 Å². The van der Waals surface area contributed by atoms with Crippen LogP contribution in [0.5, 0.6) is 0 Å². The van der Waals surface area contributed by atoms with E-state index in [0.717, 1.165) is 21.5 Å². The standard InChI is InChI=1S/C20H18BrClF2N4O4S/c1-31-19-17(28-7-14(26-27-28)9-2-12(23)16(22)13(24)3-9)18(30)15(8-29)32-20(19)33-11-4-10(21)5-25-6-11/h2-7,15,17-20,29-30H,8H2,1H3/t15-,17+,18+,19-,20-/m1/s1. The summed E-state index contributed by atoms with van der Waals surface area (Å²) in [6.45, 7) is -0.447. The lowest BCUT2D eigenvalue weighted by atomic mass is 9.97. The monoisotopic (exact) mass is 562 g/mol. The number of aliphatic hydroxyl groups is 2. The van der Waals surface area contributed by atoms with Crippen molar-refractivity contribution in [3.8, 4) is 11.3 Å². The molecule has 0 bridgehead atoms. The molecule has 0 amide bonds. The summed E-state index contributed by atoms with van der Waals surface area (Å²) in [6, 6.07) is 3.12. The summed E-state index contributed by atoms with van der Waals surface area (Å²) < 4.78 is 41.5. The summed E-state index contributed by atoms with van der Waals surface area (Å²) >= 11 is 10.2. The Balaban J connectivity index is 1.67. The van der Waals surface area contributed by atoms with Crippen LogP contribution in [0.4, 0.5) is 8.78 Å². The smallest absolute Gasteiger partial charge is 0.145 e. The number of pyridine rings is 1. The molecule has 1 aliphatic heterocycles. The van der Waals surface area contributed by atoms with E-state index in [0.29, 0.717) is 0 Å². The lowest BCUT2D eigenvalue weighted by Gasteiger charge is -2.43. The van der Waals surface area contributed by atoms with Gasteiger partial charge in [0.25, 0.3) is 0 Å². The van der Waals surface area contributed by atoms with Gasteiger partial charge in [-0.15, -0.1) is 5.10 Å². The summed E-state index contributed by atoms with van der Waals surface area (Å²) in [5.41, 5.74) is -0.352. The van der Waals surface area contributed by atoms with Crippen molar-refractivity contribution >= 4 is 39.3 Å². The average molecular weight is 564 g/mol. The van der Waals surface area contributed by atoms with Crippen molar-refractivity contribution in [1.29, 1.82) is 0 Å². The van der Waals surface area contributed by atoms with E-state index in [-0.39, 0.29) is 11.3 Å². The molecule has 0 aliphatic carbocycles. The molecule has 2 N–H and O–H groups in total. The number of thioether (sulfide) groups is 1. The van der Waals surface area contributed by atoms with Crippen LogP contribution in [0, 0.1) is 11.6 Å². The number of aliphatic hydroxyl groups excluding tert-OH is 2. The van der Waals surface area contributed by atoms with Crippen molar-refractivity contribution in [2.75, 3.05) is 13.7 Å². The van der Waals surface area contributed by atoms with Crippen molar-refractivity contribution in [1.82, 2.24) is 20.0 Å². The Bertz CT molecular complexity index is 1120. The van der Waals surface area contributed by atoms with Gasteiger partial charge in [0.2, 0.25) is 0 Å². The van der Waals surface area contributed by atoms with Gasteiger partial charge in [0.05, 0.1) is 12.8 Å². The van der Waals surface area contributed by atoms with E-state index >= 15 is 0 Å². The van der Waals surface area contributed by atoms with Gasteiger partial charge >= 0.3 is 0 Å². The molecular formula is C20H18BrClF2N4O4S. The molecule has 3 heterocycles. The predicted molar refractivity (Wildman–Crippen MR) is 120 cm³/mol. The predicted octanol–water partition coefficient (Wildman–Crippen LogP) is 3.46. The third kappa shape index (κ3) is 5.06. The molecule has 5 atom stereocenters. The fourth-order valence-corrected chi connectivity index (χ4v) is 5.37. The first kappa shape index (κ1) is 24.5. The number of hydrogen-bond donors (Lipinski definition) is 2. The average Bonchev–Trinajstić information content (AvgIpc) is 3.27. The third-order valence-corrected chi connectivity index (χ3v) is 7.03. The minimum Gasteiger partial charge on any atom is -0.394 e. The van der Waals surface area contributed by atoms with E-state index in [2.05, 4.69) is 31.2 Å². The molecule has 0 radical (unpaired) electrons. The van der Waals surface area contributed by atoms with Gasteiger partial charge in [-0.2, -0.15) is 0 Å². The molecule has 176 valence electrons. The van der Waals surface area contributed by atoms with Gasteiger partial charge in [-0.25, -0.2) is 13.5 Å². The lowest BCUT2D eigenvalue weighted by Crippen LogP contribution is -2.55. The minimum absolute atomic E-state index is 0.126. The van der Waals surface area contributed by atoms with Crippen LogP contribution < -0.4 is 0 Å². The third-order valence-electron chi connectivity index (χ3n) is 5.12. The maximum absolute atomic E-state index is 13.9. The van der Waals surface area contributed by atoms with Gasteiger partial charge in [0, 0.05) is 34.4 Å². The molecule has 1 aliphatic rings. The van der Waals surface area contributed by atoms with Gasteiger partial charge in [-0.3, -0.25) is 4.98 Å². The maximum Gasteiger partial charge on any atom is 0.145 e. The number of methoxy groups -OCH3 is 1. The molecule has 1 aromatic carbocycles. The molecule has 2 aromatic heterocycles. The zero-order chi connectivity index (χ0) is 23.7. The van der Waals surface area contributed by atoms with E-state index in [1.54, 1.807) is 12.4 Å². The number of benzene rings is 1. The van der Waals surface area contributed by atoms with Crippen LogP contribution in [0.1, 0.15) is 6.04 Å². The number of hydrogen-bond acceptors (Lipinski definition) is 8. The summed E-state index contributed by atoms with van der Waals surface area (Å²) in [5, 5.41) is 28.1. The van der Waals surface area contributed by atoms with Crippen LogP contribution in [-0.4, -0.2) is 67.7 Å². The van der Waals surface area contributed by atoms with Crippen LogP contribution in [0.25, 0.3) is 11.3 Å². The maximum atomic E-state index is 13.9. The number of halogens is 4. The molecule has 8 nitrogen and oxygen atoms in total. The Labute approximate surface area is 205 Å². The Morgan fingerprint density at radius 1 is 1.27 bits per heavy atom. The molecule has 0 spiro atoms. The lowest BCUT2D eigenvalue weighted by molar-refractivity contribution is -0.186. The highest BCUT2D eigenvalue weighted by Crippen LogP contribution is 2.40. The van der Waals surface area contributed by atoms with E-state index in [4.69, 9.17) is 21.1 Å². The van der Waals surface area contributed by atoms with Crippen molar-refractivity contribution in [3.05, 3.63) is 57.9 Å². The number of rotatable bonds is 6. The molecule has 3 aromatic rings. The molecule has 1 saturated heterocycles. The number of ether oxygens (including phenoxy) is 2. The van der Waals surface area contributed by atoms with Crippen LogP contribution in [0.15, 0.2) is 46.2 Å². The largest absolute Gasteiger partial charge is 0.394 e. The highest BCUT2D eigenvalue weighted by Gasteiger charge is 2.47. The number of aromatic nitrogens is 4. The van der Waals surface area contributed by atoms with Gasteiger partial charge < -0.3 is 19.7 Å². The van der Waals surface area contributed by atoms with Crippen molar-refractivity contribution in [2.45, 2.75) is 34.7 Å². The SMILES string of the molecule is CO[C@@H]1[C@@H](n2cc(-c3cc(F)c(Cl)c(F)c3)nn2)[C@@H](O)[C@@H](CO)O[C@@H]1Sc1cncc(Br)c1. The first-order valence-corrected chi connectivity index (χ1v) is 11.7. The zero-order valence-corrected chi connectivity index (χ0v) is 20.1. The first-order valence-electron chi connectivity index (χ1n) is 9.63. The quantitative estimate of drug-likeness (QED) is 0.440. The van der Waals surface area contributed by atoms with E-state index in [9.17, 15) is 19.0 Å². The summed E-state index contributed by atoms with van der Waals surface area (Å²) in [5.74, 6) is -1.86. The van der Waals surface area contributed by atoms with Crippen LogP contribution in [0.3, 0.4) is 0 Å². The molecule has 13 heteroatoms. The highest BCUT2D eigenvalue weighted by atomic mass is 79.9. The van der Waals surface area contributed by atoms with Gasteiger partial charge in [0.15, 0.2) is 0 Å². The Morgan fingerprint density at radius 2 is 2.00 bits per heavy atom. The molecule has 0 unspecified atom stereocenters. The first-order chi connectivity index (χ1) is 15.8. The second-order valence-electron chi connectivity index (χ2n) is 7.20. The second kappa shape index (κ2) is 10.3. The summed E-state index contributed by atoms with van der Waals surface area (Å²) in [7, 11) is 1.46. The number of nitrogens with zero attached hydrogens (tertiary/aromatic N) is 4. The Hall–Kier alpha value is -1.67. The molecule has 33 heavy (non-hydrogen) atoms. The normalized spacial score (nSPS) is 25.4. The Kier molecular flexibility index (Phi) is 7.63. The molecule has 1 fully saturated rings. The minimum atomic E-state index is -1.20. The summed E-state index contributed by atoms with van der Waals surface area (Å²) in [6.07, 6.45) is 1.87. The fraction of sp³-hybridized carbons (Fsp3) is 0.350. The summed E-state index contributed by atoms with van der Waals surface area (Å²) in [4.78, 5) is 4.90. The van der Waals surface area contributed by atoms with E-state index in [1.165, 1.54) is 29.8 Å². The highest BCUT2D eigenvalue weighted by molar-refractivity contribution is 9.10. The second-order valence-corrected chi connectivity index (χ2v) is 9.67. The van der Waals surface area contributed by atoms with E-state index < -0.39 is 53.1 Å². The van der Waals surface area contributed by atoms with Crippen molar-refractivity contribution < 1.29 is 28.5 Å². The molecule has 4 rings (SSSR count). The molecule has 0 saturated carbocycles.